The predicted molar refractivity (Wildman–Crippen MR) is 66.0 cm³/mol. The van der Waals surface area contributed by atoms with Crippen LogP contribution in [0.2, 0.25) is 0 Å². The van der Waals surface area contributed by atoms with E-state index in [9.17, 15) is 0 Å². The Balaban J connectivity index is 2.16. The molecule has 0 radical (unpaired) electrons. The lowest BCUT2D eigenvalue weighted by atomic mass is 10.4. The molecule has 2 aromatic heterocycles. The van der Waals surface area contributed by atoms with Crippen molar-refractivity contribution in [3.8, 4) is 0 Å². The molecule has 0 aliphatic carbocycles. The monoisotopic (exact) mass is 237 g/mol. The van der Waals surface area contributed by atoms with E-state index in [4.69, 9.17) is 17.0 Å². The number of nitrogens with zero attached hydrogens (tertiary/aromatic N) is 2. The van der Waals surface area contributed by atoms with Gasteiger partial charge in [0, 0.05) is 26.0 Å². The van der Waals surface area contributed by atoms with Crippen LogP contribution in [-0.2, 0) is 11.3 Å². The molecule has 0 aliphatic heterocycles. The Morgan fingerprint density at radius 3 is 3.25 bits per heavy atom. The molecule has 0 saturated carbocycles. The molecule has 0 atom stereocenters. The number of nitrogens with one attached hydrogen (secondary N) is 1. The van der Waals surface area contributed by atoms with E-state index in [0.29, 0.717) is 0 Å². The van der Waals surface area contributed by atoms with Gasteiger partial charge in [-0.3, -0.25) is 0 Å². The number of hydrogen-bond donors (Lipinski definition) is 1. The first-order chi connectivity index (χ1) is 7.83. The van der Waals surface area contributed by atoms with Crippen molar-refractivity contribution in [1.82, 2.24) is 14.5 Å². The van der Waals surface area contributed by atoms with Crippen molar-refractivity contribution in [2.45, 2.75) is 19.9 Å². The first-order valence-corrected chi connectivity index (χ1v) is 5.85. The molecule has 5 heteroatoms. The van der Waals surface area contributed by atoms with Gasteiger partial charge in [0.15, 0.2) is 10.4 Å². The maximum atomic E-state index is 5.31. The molecular weight excluding hydrogens is 222 g/mol. The number of ether oxygens (including phenoxy) is 1. The summed E-state index contributed by atoms with van der Waals surface area (Å²) in [7, 11) is 0. The summed E-state index contributed by atoms with van der Waals surface area (Å²) >= 11 is 5.26. The van der Waals surface area contributed by atoms with Crippen LogP contribution in [0.5, 0.6) is 0 Å². The summed E-state index contributed by atoms with van der Waals surface area (Å²) < 4.78 is 8.05. The van der Waals surface area contributed by atoms with E-state index >= 15 is 0 Å². The minimum atomic E-state index is 0.727. The first-order valence-electron chi connectivity index (χ1n) is 5.44. The van der Waals surface area contributed by atoms with Crippen LogP contribution in [0.1, 0.15) is 13.3 Å². The van der Waals surface area contributed by atoms with E-state index in [2.05, 4.69) is 9.97 Å². The van der Waals surface area contributed by atoms with Gasteiger partial charge in [0.2, 0.25) is 0 Å². The molecule has 0 amide bonds. The van der Waals surface area contributed by atoms with E-state index in [1.165, 1.54) is 0 Å². The zero-order valence-electron chi connectivity index (χ0n) is 9.27. The number of rotatable bonds is 5. The molecule has 86 valence electrons. The highest BCUT2D eigenvalue weighted by Gasteiger charge is 2.03. The van der Waals surface area contributed by atoms with Gasteiger partial charge in [0.1, 0.15) is 0 Å². The van der Waals surface area contributed by atoms with Crippen LogP contribution >= 0.6 is 12.2 Å². The minimum Gasteiger partial charge on any atom is -0.382 e. The largest absolute Gasteiger partial charge is 0.382 e. The fourth-order valence-corrected chi connectivity index (χ4v) is 1.95. The van der Waals surface area contributed by atoms with E-state index in [0.717, 1.165) is 42.1 Å². The van der Waals surface area contributed by atoms with E-state index in [1.54, 1.807) is 6.20 Å². The minimum absolute atomic E-state index is 0.727. The Kier molecular flexibility index (Phi) is 3.69. The Labute approximate surface area is 99.3 Å². The Hall–Kier alpha value is -1.20. The van der Waals surface area contributed by atoms with Crippen LogP contribution in [0.4, 0.5) is 0 Å². The van der Waals surface area contributed by atoms with Gasteiger partial charge in [0.25, 0.3) is 0 Å². The molecule has 16 heavy (non-hydrogen) atoms. The lowest BCUT2D eigenvalue weighted by Crippen LogP contribution is -2.03. The molecule has 1 N–H and O–H groups in total. The molecule has 0 aromatic carbocycles. The van der Waals surface area contributed by atoms with Crippen molar-refractivity contribution >= 4 is 23.4 Å². The van der Waals surface area contributed by atoms with Gasteiger partial charge >= 0.3 is 0 Å². The first kappa shape index (κ1) is 11.3. The molecule has 4 nitrogen and oxygen atoms in total. The van der Waals surface area contributed by atoms with Crippen LogP contribution in [0.15, 0.2) is 18.3 Å². The van der Waals surface area contributed by atoms with Crippen molar-refractivity contribution in [2.24, 2.45) is 0 Å². The molecule has 0 spiro atoms. The third-order valence-electron chi connectivity index (χ3n) is 2.40. The Bertz CT molecular complexity index is 517. The number of hydrogen-bond acceptors (Lipinski definition) is 3. The molecule has 2 rings (SSSR count). The highest BCUT2D eigenvalue weighted by molar-refractivity contribution is 7.71. The third kappa shape index (κ3) is 2.31. The molecule has 0 saturated heterocycles. The van der Waals surface area contributed by atoms with Gasteiger partial charge in [-0.05, 0) is 37.7 Å². The summed E-state index contributed by atoms with van der Waals surface area (Å²) in [6.45, 7) is 4.37. The van der Waals surface area contributed by atoms with Crippen molar-refractivity contribution in [3.05, 3.63) is 23.1 Å². The third-order valence-corrected chi connectivity index (χ3v) is 2.73. The van der Waals surface area contributed by atoms with Crippen molar-refractivity contribution in [3.63, 3.8) is 0 Å². The fraction of sp³-hybridized carbons (Fsp3) is 0.455. The second-order valence-electron chi connectivity index (χ2n) is 3.51. The quantitative estimate of drug-likeness (QED) is 0.642. The molecule has 0 aliphatic rings. The van der Waals surface area contributed by atoms with Crippen LogP contribution in [0, 0.1) is 4.77 Å². The average Bonchev–Trinajstić information content (AvgIpc) is 2.61. The lowest BCUT2D eigenvalue weighted by molar-refractivity contribution is 0.142. The zero-order chi connectivity index (χ0) is 11.4. The summed E-state index contributed by atoms with van der Waals surface area (Å²) in [6, 6.07) is 3.88. The number of imidazole rings is 1. The fourth-order valence-electron chi connectivity index (χ4n) is 1.67. The van der Waals surface area contributed by atoms with Crippen molar-refractivity contribution in [1.29, 1.82) is 0 Å². The lowest BCUT2D eigenvalue weighted by Gasteiger charge is -2.03. The molecule has 0 bridgehead atoms. The number of pyridine rings is 1. The summed E-state index contributed by atoms with van der Waals surface area (Å²) in [5.74, 6) is 0. The normalized spacial score (nSPS) is 11.1. The van der Waals surface area contributed by atoms with Gasteiger partial charge in [-0.1, -0.05) is 0 Å². The SMILES string of the molecule is CCOCCCn1c(=S)[nH]c2cccnc21. The highest BCUT2D eigenvalue weighted by Crippen LogP contribution is 2.10. The van der Waals surface area contributed by atoms with Gasteiger partial charge in [0.05, 0.1) is 5.52 Å². The number of aryl methyl sites for hydroxylation is 1. The van der Waals surface area contributed by atoms with Crippen LogP contribution in [-0.4, -0.2) is 27.7 Å². The molecule has 2 aromatic rings. The summed E-state index contributed by atoms with van der Waals surface area (Å²) in [4.78, 5) is 7.47. The predicted octanol–water partition coefficient (Wildman–Crippen LogP) is 2.52. The maximum absolute atomic E-state index is 5.31. The molecule has 0 fully saturated rings. The summed E-state index contributed by atoms with van der Waals surface area (Å²) in [6.07, 6.45) is 2.73. The van der Waals surface area contributed by atoms with Gasteiger partial charge in [-0.25, -0.2) is 4.98 Å². The highest BCUT2D eigenvalue weighted by atomic mass is 32.1. The number of aromatic amines is 1. The number of fused-ring (bicyclic) bond motifs is 1. The van der Waals surface area contributed by atoms with Crippen LogP contribution < -0.4 is 0 Å². The van der Waals surface area contributed by atoms with E-state index < -0.39 is 0 Å². The van der Waals surface area contributed by atoms with Gasteiger partial charge in [-0.15, -0.1) is 0 Å². The molecule has 2 heterocycles. The second kappa shape index (κ2) is 5.23. The zero-order valence-corrected chi connectivity index (χ0v) is 10.1. The maximum Gasteiger partial charge on any atom is 0.179 e. The molecule has 0 unspecified atom stereocenters. The molecular formula is C11H15N3OS. The Morgan fingerprint density at radius 2 is 2.44 bits per heavy atom. The standard InChI is InChI=1S/C11H15N3OS/c1-2-15-8-4-7-14-10-9(13-11(14)16)5-3-6-12-10/h3,5-6H,2,4,7-8H2,1H3,(H,13,16). The van der Waals surface area contributed by atoms with Crippen LogP contribution in [0.3, 0.4) is 0 Å². The van der Waals surface area contributed by atoms with Crippen molar-refractivity contribution in [2.75, 3.05) is 13.2 Å². The van der Waals surface area contributed by atoms with Gasteiger partial charge in [-0.2, -0.15) is 0 Å². The number of H-pyrrole nitrogens is 1. The van der Waals surface area contributed by atoms with Gasteiger partial charge < -0.3 is 14.3 Å². The Morgan fingerprint density at radius 1 is 1.56 bits per heavy atom. The average molecular weight is 237 g/mol. The smallest absolute Gasteiger partial charge is 0.179 e. The van der Waals surface area contributed by atoms with Crippen molar-refractivity contribution < 1.29 is 4.74 Å². The second-order valence-corrected chi connectivity index (χ2v) is 3.89. The number of aromatic nitrogens is 3. The summed E-state index contributed by atoms with van der Waals surface area (Å²) in [5, 5.41) is 0. The topological polar surface area (TPSA) is 42.8 Å². The van der Waals surface area contributed by atoms with E-state index in [1.807, 2.05) is 23.6 Å². The summed E-state index contributed by atoms with van der Waals surface area (Å²) in [5.41, 5.74) is 1.91. The van der Waals surface area contributed by atoms with Crippen LogP contribution in [0.25, 0.3) is 11.2 Å². The van der Waals surface area contributed by atoms with E-state index in [-0.39, 0.29) is 0 Å².